The van der Waals surface area contributed by atoms with Gasteiger partial charge >= 0.3 is 0 Å². The Morgan fingerprint density at radius 3 is 1.56 bits per heavy atom. The van der Waals surface area contributed by atoms with E-state index in [1.165, 1.54) is 64.2 Å². The predicted molar refractivity (Wildman–Crippen MR) is 85.0 cm³/mol. The Kier molecular flexibility index (Phi) is 12.1. The van der Waals surface area contributed by atoms with Gasteiger partial charge in [-0.1, -0.05) is 98.8 Å². The minimum absolute atomic E-state index is 0.885. The maximum Gasteiger partial charge on any atom is -0.0414 e. The molecule has 0 amide bonds. The Balaban J connectivity index is 3.54. The van der Waals surface area contributed by atoms with Crippen LogP contribution in [0.15, 0.2) is 0 Å². The van der Waals surface area contributed by atoms with E-state index in [1.54, 1.807) is 0 Å². The van der Waals surface area contributed by atoms with Crippen LogP contribution in [0.2, 0.25) is 0 Å². The molecule has 0 aliphatic heterocycles. The molecule has 0 radical (unpaired) electrons. The standard InChI is InChI=1S/C18H38/c1-6-10-18(11-7-2)15-9-14-17(5)13-8-12-16(3)4/h16-18H,6-15H2,1-5H3. The Morgan fingerprint density at radius 2 is 1.11 bits per heavy atom. The highest BCUT2D eigenvalue weighted by atomic mass is 14.1. The SMILES string of the molecule is CCCC(CCC)CCCC(C)CCCC(C)C. The summed E-state index contributed by atoms with van der Waals surface area (Å²) in [6.07, 6.45) is 14.4. The molecule has 0 saturated heterocycles. The van der Waals surface area contributed by atoms with Crippen LogP contribution in [0.4, 0.5) is 0 Å². The van der Waals surface area contributed by atoms with E-state index in [1.807, 2.05) is 0 Å². The van der Waals surface area contributed by atoms with Crippen LogP contribution >= 0.6 is 0 Å². The minimum atomic E-state index is 0.885. The van der Waals surface area contributed by atoms with Crippen molar-refractivity contribution in [2.45, 2.75) is 98.8 Å². The van der Waals surface area contributed by atoms with Crippen molar-refractivity contribution < 1.29 is 0 Å². The zero-order valence-corrected chi connectivity index (χ0v) is 13.8. The lowest BCUT2D eigenvalue weighted by Gasteiger charge is -2.17. The molecule has 0 nitrogen and oxygen atoms in total. The second-order valence-corrected chi connectivity index (χ2v) is 6.80. The zero-order valence-electron chi connectivity index (χ0n) is 13.8. The second-order valence-electron chi connectivity index (χ2n) is 6.80. The summed E-state index contributed by atoms with van der Waals surface area (Å²) >= 11 is 0. The molecule has 0 bridgehead atoms. The summed E-state index contributed by atoms with van der Waals surface area (Å²) < 4.78 is 0. The first-order valence-corrected chi connectivity index (χ1v) is 8.60. The molecule has 0 aromatic heterocycles. The van der Waals surface area contributed by atoms with Crippen molar-refractivity contribution in [3.05, 3.63) is 0 Å². The van der Waals surface area contributed by atoms with Crippen molar-refractivity contribution in [3.8, 4) is 0 Å². The van der Waals surface area contributed by atoms with Gasteiger partial charge in [-0.25, -0.2) is 0 Å². The highest BCUT2D eigenvalue weighted by molar-refractivity contribution is 4.61. The first kappa shape index (κ1) is 18.0. The lowest BCUT2D eigenvalue weighted by atomic mass is 9.89. The van der Waals surface area contributed by atoms with Crippen LogP contribution in [0.5, 0.6) is 0 Å². The van der Waals surface area contributed by atoms with E-state index < -0.39 is 0 Å². The fourth-order valence-corrected chi connectivity index (χ4v) is 3.02. The summed E-state index contributed by atoms with van der Waals surface area (Å²) in [5, 5.41) is 0. The average molecular weight is 255 g/mol. The van der Waals surface area contributed by atoms with Crippen LogP contribution in [0, 0.1) is 17.8 Å². The Bertz CT molecular complexity index is 153. The van der Waals surface area contributed by atoms with Gasteiger partial charge < -0.3 is 0 Å². The molecule has 18 heavy (non-hydrogen) atoms. The molecule has 0 aromatic carbocycles. The third-order valence-corrected chi connectivity index (χ3v) is 4.18. The van der Waals surface area contributed by atoms with Crippen molar-refractivity contribution >= 4 is 0 Å². The Hall–Kier alpha value is 0. The van der Waals surface area contributed by atoms with Crippen molar-refractivity contribution in [2.24, 2.45) is 17.8 Å². The van der Waals surface area contributed by atoms with Crippen molar-refractivity contribution in [1.82, 2.24) is 0 Å². The lowest BCUT2D eigenvalue weighted by molar-refractivity contribution is 0.362. The lowest BCUT2D eigenvalue weighted by Crippen LogP contribution is -2.02. The fraction of sp³-hybridized carbons (Fsp3) is 1.00. The fourth-order valence-electron chi connectivity index (χ4n) is 3.02. The Morgan fingerprint density at radius 1 is 0.611 bits per heavy atom. The average Bonchev–Trinajstić information content (AvgIpc) is 2.29. The molecule has 0 fully saturated rings. The highest BCUT2D eigenvalue weighted by Gasteiger charge is 2.08. The van der Waals surface area contributed by atoms with Gasteiger partial charge in [0.05, 0.1) is 0 Å². The normalized spacial score (nSPS) is 13.5. The molecule has 0 heterocycles. The minimum Gasteiger partial charge on any atom is -0.0654 e. The largest absolute Gasteiger partial charge is 0.0654 e. The van der Waals surface area contributed by atoms with Crippen LogP contribution in [0.1, 0.15) is 98.8 Å². The summed E-state index contributed by atoms with van der Waals surface area (Å²) in [5.74, 6) is 2.85. The summed E-state index contributed by atoms with van der Waals surface area (Å²) in [7, 11) is 0. The van der Waals surface area contributed by atoms with Gasteiger partial charge in [-0.15, -0.1) is 0 Å². The van der Waals surface area contributed by atoms with E-state index in [4.69, 9.17) is 0 Å². The first-order chi connectivity index (χ1) is 8.60. The number of hydrogen-bond acceptors (Lipinski definition) is 0. The molecule has 1 atom stereocenters. The predicted octanol–water partition coefficient (Wildman–Crippen LogP) is 6.84. The highest BCUT2D eigenvalue weighted by Crippen LogP contribution is 2.23. The van der Waals surface area contributed by atoms with Crippen LogP contribution in [0.25, 0.3) is 0 Å². The van der Waals surface area contributed by atoms with Gasteiger partial charge in [0.2, 0.25) is 0 Å². The van der Waals surface area contributed by atoms with Crippen LogP contribution in [-0.4, -0.2) is 0 Å². The monoisotopic (exact) mass is 254 g/mol. The van der Waals surface area contributed by atoms with E-state index in [0.29, 0.717) is 0 Å². The molecule has 0 aromatic rings. The summed E-state index contributed by atoms with van der Waals surface area (Å²) in [4.78, 5) is 0. The quantitative estimate of drug-likeness (QED) is 0.358. The molecule has 0 rings (SSSR count). The van der Waals surface area contributed by atoms with Gasteiger partial charge in [0.15, 0.2) is 0 Å². The topological polar surface area (TPSA) is 0 Å². The summed E-state index contributed by atoms with van der Waals surface area (Å²) in [5.41, 5.74) is 0. The van der Waals surface area contributed by atoms with Crippen molar-refractivity contribution in [2.75, 3.05) is 0 Å². The molecular weight excluding hydrogens is 216 g/mol. The molecule has 0 aliphatic rings. The third-order valence-electron chi connectivity index (χ3n) is 4.18. The molecular formula is C18H38. The molecule has 0 N–H and O–H groups in total. The van der Waals surface area contributed by atoms with Gasteiger partial charge in [-0.2, -0.15) is 0 Å². The van der Waals surface area contributed by atoms with Gasteiger partial charge in [0, 0.05) is 0 Å². The van der Waals surface area contributed by atoms with E-state index >= 15 is 0 Å². The van der Waals surface area contributed by atoms with Gasteiger partial charge in [0.25, 0.3) is 0 Å². The van der Waals surface area contributed by atoms with Crippen LogP contribution < -0.4 is 0 Å². The molecule has 110 valence electrons. The van der Waals surface area contributed by atoms with E-state index in [-0.39, 0.29) is 0 Å². The van der Waals surface area contributed by atoms with Crippen LogP contribution in [0.3, 0.4) is 0 Å². The molecule has 0 aliphatic carbocycles. The van der Waals surface area contributed by atoms with E-state index in [0.717, 1.165) is 17.8 Å². The van der Waals surface area contributed by atoms with Gasteiger partial charge in [-0.05, 0) is 17.8 Å². The Labute approximate surface area is 117 Å². The molecule has 0 spiro atoms. The van der Waals surface area contributed by atoms with Crippen LogP contribution in [-0.2, 0) is 0 Å². The van der Waals surface area contributed by atoms with E-state index in [2.05, 4.69) is 34.6 Å². The van der Waals surface area contributed by atoms with Gasteiger partial charge in [-0.3, -0.25) is 0 Å². The molecule has 0 saturated carbocycles. The second kappa shape index (κ2) is 12.1. The zero-order chi connectivity index (χ0) is 13.8. The number of hydrogen-bond donors (Lipinski definition) is 0. The maximum absolute atomic E-state index is 2.45. The summed E-state index contributed by atoms with van der Waals surface area (Å²) in [6, 6.07) is 0. The van der Waals surface area contributed by atoms with E-state index in [9.17, 15) is 0 Å². The maximum atomic E-state index is 2.45. The summed E-state index contributed by atoms with van der Waals surface area (Å²) in [6.45, 7) is 11.8. The smallest absolute Gasteiger partial charge is 0.0414 e. The third kappa shape index (κ3) is 11.1. The van der Waals surface area contributed by atoms with Gasteiger partial charge in [0.1, 0.15) is 0 Å². The number of rotatable bonds is 12. The molecule has 0 heteroatoms. The van der Waals surface area contributed by atoms with Crippen molar-refractivity contribution in [3.63, 3.8) is 0 Å². The first-order valence-electron chi connectivity index (χ1n) is 8.60. The molecule has 1 unspecified atom stereocenters. The van der Waals surface area contributed by atoms with Crippen molar-refractivity contribution in [1.29, 1.82) is 0 Å².